The average Bonchev–Trinajstić information content (AvgIpc) is 2.89. The molecule has 0 spiro atoms. The molecule has 6 nitrogen and oxygen atoms in total. The van der Waals surface area contributed by atoms with Crippen LogP contribution in [0.3, 0.4) is 0 Å². The van der Waals surface area contributed by atoms with Gasteiger partial charge in [-0.15, -0.1) is 0 Å². The third kappa shape index (κ3) is 5.46. The lowest BCUT2D eigenvalue weighted by Gasteiger charge is -2.41. The SMILES string of the molecule is CC(=O)N1CCC(C(=O)NC(C)c2ccc(NC(=O)c3ccc(F)cc3)cc2)(c2ccccc2)CC1. The van der Waals surface area contributed by atoms with Crippen LogP contribution in [-0.4, -0.2) is 35.7 Å². The van der Waals surface area contributed by atoms with Gasteiger partial charge >= 0.3 is 0 Å². The Morgan fingerprint density at radius 3 is 2.08 bits per heavy atom. The standard InChI is InChI=1S/C29H30FN3O3/c1-20(22-10-14-26(15-11-22)32-27(35)23-8-12-25(30)13-9-23)31-28(36)29(24-6-4-3-5-7-24)16-18-33(19-17-29)21(2)34/h3-15,20H,16-19H2,1-2H3,(H,31,36)(H,32,35). The van der Waals surface area contributed by atoms with Gasteiger partial charge in [0, 0.05) is 31.3 Å². The first kappa shape index (κ1) is 25.1. The topological polar surface area (TPSA) is 78.5 Å². The molecule has 3 aromatic rings. The molecule has 0 radical (unpaired) electrons. The molecule has 1 saturated heterocycles. The highest BCUT2D eigenvalue weighted by Gasteiger charge is 2.43. The highest BCUT2D eigenvalue weighted by molar-refractivity contribution is 6.04. The Hall–Kier alpha value is -4.00. The van der Waals surface area contributed by atoms with Gasteiger partial charge in [-0.05, 0) is 67.3 Å². The molecule has 1 aliphatic heterocycles. The number of nitrogens with zero attached hydrogens (tertiary/aromatic N) is 1. The van der Waals surface area contributed by atoms with Crippen molar-refractivity contribution in [1.82, 2.24) is 10.2 Å². The summed E-state index contributed by atoms with van der Waals surface area (Å²) in [5.74, 6) is -0.758. The summed E-state index contributed by atoms with van der Waals surface area (Å²) in [6, 6.07) is 22.1. The lowest BCUT2D eigenvalue weighted by Crippen LogP contribution is -2.52. The Balaban J connectivity index is 1.45. The number of rotatable bonds is 6. The van der Waals surface area contributed by atoms with Crippen LogP contribution in [0.5, 0.6) is 0 Å². The van der Waals surface area contributed by atoms with Crippen LogP contribution in [-0.2, 0) is 15.0 Å². The van der Waals surface area contributed by atoms with Gasteiger partial charge in [0.05, 0.1) is 11.5 Å². The molecule has 3 aromatic carbocycles. The Labute approximate surface area is 210 Å². The van der Waals surface area contributed by atoms with E-state index >= 15 is 0 Å². The molecule has 7 heteroatoms. The van der Waals surface area contributed by atoms with Crippen LogP contribution in [0.15, 0.2) is 78.9 Å². The molecule has 0 aromatic heterocycles. The molecule has 1 fully saturated rings. The summed E-state index contributed by atoms with van der Waals surface area (Å²) < 4.78 is 13.1. The first-order valence-electron chi connectivity index (χ1n) is 12.1. The number of benzene rings is 3. The zero-order chi connectivity index (χ0) is 25.7. The minimum atomic E-state index is -0.704. The van der Waals surface area contributed by atoms with Gasteiger partial charge in [0.15, 0.2) is 0 Å². The van der Waals surface area contributed by atoms with Crippen molar-refractivity contribution in [1.29, 1.82) is 0 Å². The minimum absolute atomic E-state index is 0.0250. The van der Waals surface area contributed by atoms with Gasteiger partial charge in [-0.25, -0.2) is 4.39 Å². The van der Waals surface area contributed by atoms with Crippen LogP contribution in [0.2, 0.25) is 0 Å². The summed E-state index contributed by atoms with van der Waals surface area (Å²) in [6.07, 6.45) is 1.12. The van der Waals surface area contributed by atoms with Crippen LogP contribution in [0.1, 0.15) is 54.2 Å². The maximum Gasteiger partial charge on any atom is 0.255 e. The molecule has 1 aliphatic rings. The average molecular weight is 488 g/mol. The van der Waals surface area contributed by atoms with Crippen molar-refractivity contribution in [3.05, 3.63) is 101 Å². The number of hydrogen-bond acceptors (Lipinski definition) is 3. The molecule has 1 unspecified atom stereocenters. The van der Waals surface area contributed by atoms with Crippen molar-refractivity contribution < 1.29 is 18.8 Å². The molecule has 0 bridgehead atoms. The number of likely N-dealkylation sites (tertiary alicyclic amines) is 1. The molecule has 2 N–H and O–H groups in total. The van der Waals surface area contributed by atoms with Crippen LogP contribution < -0.4 is 10.6 Å². The smallest absolute Gasteiger partial charge is 0.255 e. The van der Waals surface area contributed by atoms with E-state index in [-0.39, 0.29) is 23.8 Å². The largest absolute Gasteiger partial charge is 0.349 e. The predicted octanol–water partition coefficient (Wildman–Crippen LogP) is 4.84. The number of anilines is 1. The van der Waals surface area contributed by atoms with Crippen molar-refractivity contribution in [2.24, 2.45) is 0 Å². The van der Waals surface area contributed by atoms with Crippen molar-refractivity contribution in [2.45, 2.75) is 38.1 Å². The number of carbonyl (C=O) groups is 3. The van der Waals surface area contributed by atoms with Crippen molar-refractivity contribution in [2.75, 3.05) is 18.4 Å². The maximum absolute atomic E-state index is 13.7. The van der Waals surface area contributed by atoms with Gasteiger partial charge < -0.3 is 15.5 Å². The summed E-state index contributed by atoms with van der Waals surface area (Å²) in [4.78, 5) is 39.7. The lowest BCUT2D eigenvalue weighted by atomic mass is 9.71. The molecule has 3 amide bonds. The first-order chi connectivity index (χ1) is 17.3. The molecular formula is C29H30FN3O3. The summed E-state index contributed by atoms with van der Waals surface area (Å²) in [5, 5.41) is 5.97. The summed E-state index contributed by atoms with van der Waals surface area (Å²) in [5.41, 5.74) is 2.11. The quantitative estimate of drug-likeness (QED) is 0.523. The number of amides is 3. The zero-order valence-corrected chi connectivity index (χ0v) is 20.5. The Morgan fingerprint density at radius 1 is 0.889 bits per heavy atom. The van der Waals surface area contributed by atoms with Gasteiger partial charge in [0.2, 0.25) is 11.8 Å². The normalized spacial score (nSPS) is 15.6. The second-order valence-electron chi connectivity index (χ2n) is 9.23. The van der Waals surface area contributed by atoms with Crippen LogP contribution in [0.25, 0.3) is 0 Å². The van der Waals surface area contributed by atoms with Crippen molar-refractivity contribution in [3.63, 3.8) is 0 Å². The van der Waals surface area contributed by atoms with E-state index in [2.05, 4.69) is 10.6 Å². The predicted molar refractivity (Wildman–Crippen MR) is 137 cm³/mol. The molecule has 0 aliphatic carbocycles. The third-order valence-corrected chi connectivity index (χ3v) is 6.95. The van der Waals surface area contributed by atoms with Crippen molar-refractivity contribution >= 4 is 23.4 Å². The Bertz CT molecular complexity index is 1220. The second-order valence-corrected chi connectivity index (χ2v) is 9.23. The van der Waals surface area contributed by atoms with E-state index in [1.165, 1.54) is 24.3 Å². The van der Waals surface area contributed by atoms with Crippen LogP contribution >= 0.6 is 0 Å². The highest BCUT2D eigenvalue weighted by atomic mass is 19.1. The molecule has 186 valence electrons. The molecule has 36 heavy (non-hydrogen) atoms. The van der Waals surface area contributed by atoms with Crippen LogP contribution in [0, 0.1) is 5.82 Å². The van der Waals surface area contributed by atoms with E-state index in [1.54, 1.807) is 24.0 Å². The van der Waals surface area contributed by atoms with E-state index in [4.69, 9.17) is 0 Å². The Morgan fingerprint density at radius 2 is 1.50 bits per heavy atom. The molecule has 1 atom stereocenters. The molecule has 0 saturated carbocycles. The molecule has 1 heterocycles. The van der Waals surface area contributed by atoms with E-state index in [0.29, 0.717) is 37.2 Å². The highest BCUT2D eigenvalue weighted by Crippen LogP contribution is 2.36. The fourth-order valence-corrected chi connectivity index (χ4v) is 4.69. The fraction of sp³-hybridized carbons (Fsp3) is 0.276. The Kier molecular flexibility index (Phi) is 7.48. The van der Waals surface area contributed by atoms with Gasteiger partial charge in [-0.2, -0.15) is 0 Å². The second kappa shape index (κ2) is 10.7. The zero-order valence-electron chi connectivity index (χ0n) is 20.5. The lowest BCUT2D eigenvalue weighted by molar-refractivity contribution is -0.135. The molecule has 4 rings (SSSR count). The maximum atomic E-state index is 13.7. The fourth-order valence-electron chi connectivity index (χ4n) is 4.69. The minimum Gasteiger partial charge on any atom is -0.349 e. The first-order valence-corrected chi connectivity index (χ1v) is 12.1. The number of carbonyl (C=O) groups excluding carboxylic acids is 3. The number of hydrogen-bond donors (Lipinski definition) is 2. The van der Waals surface area contributed by atoms with E-state index < -0.39 is 11.2 Å². The van der Waals surface area contributed by atoms with E-state index in [0.717, 1.165) is 11.1 Å². The number of halogens is 1. The van der Waals surface area contributed by atoms with Gasteiger partial charge in [-0.3, -0.25) is 14.4 Å². The van der Waals surface area contributed by atoms with Gasteiger partial charge in [0.1, 0.15) is 5.82 Å². The molecular weight excluding hydrogens is 457 g/mol. The van der Waals surface area contributed by atoms with Crippen LogP contribution in [0.4, 0.5) is 10.1 Å². The number of piperidine rings is 1. The monoisotopic (exact) mass is 487 g/mol. The van der Waals surface area contributed by atoms with Gasteiger partial charge in [0.25, 0.3) is 5.91 Å². The van der Waals surface area contributed by atoms with Crippen molar-refractivity contribution in [3.8, 4) is 0 Å². The van der Waals surface area contributed by atoms with E-state index in [1.807, 2.05) is 49.4 Å². The van der Waals surface area contributed by atoms with Gasteiger partial charge in [-0.1, -0.05) is 42.5 Å². The number of nitrogens with one attached hydrogen (secondary N) is 2. The van der Waals surface area contributed by atoms with E-state index in [9.17, 15) is 18.8 Å². The summed E-state index contributed by atoms with van der Waals surface area (Å²) in [7, 11) is 0. The third-order valence-electron chi connectivity index (χ3n) is 6.95. The summed E-state index contributed by atoms with van der Waals surface area (Å²) in [6.45, 7) is 4.56. The summed E-state index contributed by atoms with van der Waals surface area (Å²) >= 11 is 0.